The third-order valence-electron chi connectivity index (χ3n) is 3.36. The molecule has 0 saturated heterocycles. The molecule has 0 bridgehead atoms. The minimum absolute atomic E-state index is 0.0780. The lowest BCUT2D eigenvalue weighted by Gasteiger charge is -2.34. The maximum absolute atomic E-state index is 11.5. The van der Waals surface area contributed by atoms with E-state index in [1.54, 1.807) is 0 Å². The van der Waals surface area contributed by atoms with Crippen molar-refractivity contribution in [1.82, 2.24) is 0 Å². The summed E-state index contributed by atoms with van der Waals surface area (Å²) in [6, 6.07) is 0. The molecule has 0 aliphatic carbocycles. The zero-order valence-electron chi connectivity index (χ0n) is 11.1. The van der Waals surface area contributed by atoms with Crippen molar-refractivity contribution in [1.29, 1.82) is 0 Å². The van der Waals surface area contributed by atoms with Crippen molar-refractivity contribution in [2.24, 2.45) is 0 Å². The standard InChI is InChI=1S/C14H16O5/c1-7(16)10-11(17)8-4-5-14(2,3)19-13(8)9(6-15)12(10)18/h6,17-18H,4-5H2,1-3H3. The SMILES string of the molecule is CC(=O)c1c(O)c(C=O)c2c(c1O)CCC(C)(C)O2. The summed E-state index contributed by atoms with van der Waals surface area (Å²) in [5, 5.41) is 20.1. The fourth-order valence-corrected chi connectivity index (χ4v) is 2.32. The molecule has 1 heterocycles. The summed E-state index contributed by atoms with van der Waals surface area (Å²) in [6.07, 6.45) is 1.57. The molecule has 0 amide bonds. The Bertz CT molecular complexity index is 572. The number of fused-ring (bicyclic) bond motifs is 1. The van der Waals surface area contributed by atoms with Gasteiger partial charge in [-0.2, -0.15) is 0 Å². The van der Waals surface area contributed by atoms with E-state index in [0.29, 0.717) is 24.7 Å². The van der Waals surface area contributed by atoms with E-state index < -0.39 is 17.1 Å². The van der Waals surface area contributed by atoms with Crippen LogP contribution in [0.25, 0.3) is 0 Å². The van der Waals surface area contributed by atoms with Gasteiger partial charge in [0.1, 0.15) is 28.4 Å². The molecule has 2 rings (SSSR count). The lowest BCUT2D eigenvalue weighted by atomic mass is 9.89. The third kappa shape index (κ3) is 2.05. The number of carbonyl (C=O) groups is 2. The maximum Gasteiger partial charge on any atom is 0.167 e. The molecule has 0 unspecified atom stereocenters. The predicted molar refractivity (Wildman–Crippen MR) is 68.2 cm³/mol. The van der Waals surface area contributed by atoms with Crippen LogP contribution in [0, 0.1) is 0 Å². The van der Waals surface area contributed by atoms with Crippen LogP contribution in [0.2, 0.25) is 0 Å². The van der Waals surface area contributed by atoms with Crippen LogP contribution in [0.1, 0.15) is 53.5 Å². The van der Waals surface area contributed by atoms with Gasteiger partial charge in [-0.1, -0.05) is 0 Å². The molecule has 0 aromatic heterocycles. The second kappa shape index (κ2) is 4.26. The van der Waals surface area contributed by atoms with Crippen molar-refractivity contribution in [2.75, 3.05) is 0 Å². The third-order valence-corrected chi connectivity index (χ3v) is 3.36. The van der Waals surface area contributed by atoms with E-state index in [1.807, 2.05) is 13.8 Å². The highest BCUT2D eigenvalue weighted by Crippen LogP contribution is 2.46. The van der Waals surface area contributed by atoms with E-state index in [2.05, 4.69) is 0 Å². The van der Waals surface area contributed by atoms with Crippen molar-refractivity contribution in [3.05, 3.63) is 16.7 Å². The summed E-state index contributed by atoms with van der Waals surface area (Å²) < 4.78 is 5.68. The van der Waals surface area contributed by atoms with E-state index in [-0.39, 0.29) is 22.6 Å². The molecule has 0 fully saturated rings. The number of aldehydes is 1. The molecule has 2 N–H and O–H groups in total. The van der Waals surface area contributed by atoms with Crippen molar-refractivity contribution in [3.63, 3.8) is 0 Å². The predicted octanol–water partition coefficient (Wildman–Crippen LogP) is 2.22. The van der Waals surface area contributed by atoms with Gasteiger partial charge in [-0.15, -0.1) is 0 Å². The van der Waals surface area contributed by atoms with E-state index in [4.69, 9.17) is 4.74 Å². The molecule has 19 heavy (non-hydrogen) atoms. The summed E-state index contributed by atoms with van der Waals surface area (Å²) in [4.78, 5) is 22.7. The number of ketones is 1. The summed E-state index contributed by atoms with van der Waals surface area (Å²) in [5.41, 5.74) is -0.374. The first-order valence-corrected chi connectivity index (χ1v) is 6.04. The average molecular weight is 264 g/mol. The normalized spacial score (nSPS) is 16.4. The van der Waals surface area contributed by atoms with Crippen molar-refractivity contribution < 1.29 is 24.5 Å². The van der Waals surface area contributed by atoms with Crippen LogP contribution in [0.15, 0.2) is 0 Å². The van der Waals surface area contributed by atoms with Gasteiger partial charge in [0, 0.05) is 5.56 Å². The van der Waals surface area contributed by atoms with Gasteiger partial charge in [-0.3, -0.25) is 9.59 Å². The number of phenols is 2. The van der Waals surface area contributed by atoms with Crippen LogP contribution < -0.4 is 4.74 Å². The van der Waals surface area contributed by atoms with Gasteiger partial charge in [-0.25, -0.2) is 0 Å². The second-order valence-corrected chi connectivity index (χ2v) is 5.33. The first-order valence-electron chi connectivity index (χ1n) is 6.04. The Morgan fingerprint density at radius 1 is 1.32 bits per heavy atom. The Hall–Kier alpha value is -2.04. The average Bonchev–Trinajstić information content (AvgIpc) is 2.27. The number of phenolic OH excluding ortho intramolecular Hbond substituents is 2. The quantitative estimate of drug-likeness (QED) is 0.632. The minimum atomic E-state index is -0.517. The molecule has 0 spiro atoms. The van der Waals surface area contributed by atoms with Crippen LogP contribution in [-0.2, 0) is 6.42 Å². The van der Waals surface area contributed by atoms with E-state index in [0.717, 1.165) is 0 Å². The van der Waals surface area contributed by atoms with Crippen molar-refractivity contribution in [2.45, 2.75) is 39.2 Å². The number of ether oxygens (including phenoxy) is 1. The molecule has 5 nitrogen and oxygen atoms in total. The number of rotatable bonds is 2. The molecule has 1 aromatic carbocycles. The molecule has 0 radical (unpaired) electrons. The summed E-state index contributed by atoms with van der Waals surface area (Å²) >= 11 is 0. The van der Waals surface area contributed by atoms with Crippen LogP contribution in [0.3, 0.4) is 0 Å². The Balaban J connectivity index is 2.78. The molecule has 0 saturated carbocycles. The Morgan fingerprint density at radius 2 is 1.95 bits per heavy atom. The van der Waals surface area contributed by atoms with Gasteiger partial charge in [0.25, 0.3) is 0 Å². The Kier molecular flexibility index (Phi) is 3.00. The maximum atomic E-state index is 11.5. The summed E-state index contributed by atoms with van der Waals surface area (Å²) in [7, 11) is 0. The molecule has 1 aliphatic heterocycles. The van der Waals surface area contributed by atoms with E-state index in [1.165, 1.54) is 6.92 Å². The van der Waals surface area contributed by atoms with Gasteiger partial charge in [0.2, 0.25) is 0 Å². The highest BCUT2D eigenvalue weighted by molar-refractivity contribution is 6.04. The molecule has 1 aromatic rings. The van der Waals surface area contributed by atoms with E-state index >= 15 is 0 Å². The minimum Gasteiger partial charge on any atom is -0.507 e. The number of hydrogen-bond donors (Lipinski definition) is 2. The zero-order chi connectivity index (χ0) is 14.4. The number of carbonyl (C=O) groups excluding carboxylic acids is 2. The van der Waals surface area contributed by atoms with Crippen LogP contribution in [0.4, 0.5) is 0 Å². The monoisotopic (exact) mass is 264 g/mol. The van der Waals surface area contributed by atoms with E-state index in [9.17, 15) is 19.8 Å². The number of Topliss-reactive ketones (excluding diaryl/α,β-unsaturated/α-hetero) is 1. The molecule has 0 atom stereocenters. The molecular formula is C14H16O5. The number of hydrogen-bond acceptors (Lipinski definition) is 5. The summed E-state index contributed by atoms with van der Waals surface area (Å²) in [5.74, 6) is -1.13. The van der Waals surface area contributed by atoms with Gasteiger partial charge in [0.15, 0.2) is 12.1 Å². The molecule has 102 valence electrons. The second-order valence-electron chi connectivity index (χ2n) is 5.33. The first-order chi connectivity index (χ1) is 8.78. The first kappa shape index (κ1) is 13.4. The van der Waals surface area contributed by atoms with Crippen LogP contribution in [-0.4, -0.2) is 27.9 Å². The fourth-order valence-electron chi connectivity index (χ4n) is 2.32. The number of benzene rings is 1. The van der Waals surface area contributed by atoms with Crippen LogP contribution in [0.5, 0.6) is 17.2 Å². The Labute approximate surface area is 110 Å². The highest BCUT2D eigenvalue weighted by Gasteiger charge is 2.34. The van der Waals surface area contributed by atoms with Gasteiger partial charge >= 0.3 is 0 Å². The number of aromatic hydroxyl groups is 2. The zero-order valence-corrected chi connectivity index (χ0v) is 11.1. The highest BCUT2D eigenvalue weighted by atomic mass is 16.5. The van der Waals surface area contributed by atoms with Gasteiger partial charge in [0.05, 0.1) is 5.56 Å². The van der Waals surface area contributed by atoms with Crippen molar-refractivity contribution >= 4 is 12.1 Å². The van der Waals surface area contributed by atoms with Crippen LogP contribution >= 0.6 is 0 Å². The molecular weight excluding hydrogens is 248 g/mol. The largest absolute Gasteiger partial charge is 0.507 e. The van der Waals surface area contributed by atoms with Gasteiger partial charge in [-0.05, 0) is 33.6 Å². The van der Waals surface area contributed by atoms with Crippen molar-refractivity contribution in [3.8, 4) is 17.2 Å². The fraction of sp³-hybridized carbons (Fsp3) is 0.429. The molecule has 1 aliphatic rings. The Morgan fingerprint density at radius 3 is 2.47 bits per heavy atom. The molecule has 5 heteroatoms. The lowest BCUT2D eigenvalue weighted by molar-refractivity contribution is 0.0809. The smallest absolute Gasteiger partial charge is 0.167 e. The summed E-state index contributed by atoms with van der Waals surface area (Å²) in [6.45, 7) is 4.94. The topological polar surface area (TPSA) is 83.8 Å². The van der Waals surface area contributed by atoms with Gasteiger partial charge < -0.3 is 14.9 Å². The lowest BCUT2D eigenvalue weighted by Crippen LogP contribution is -2.33.